The molecular formula is C17H16O2S. The van der Waals surface area contributed by atoms with Crippen molar-refractivity contribution in [3.05, 3.63) is 59.7 Å². The maximum absolute atomic E-state index is 8.71. The van der Waals surface area contributed by atoms with Gasteiger partial charge in [0.05, 0.1) is 7.11 Å². The Morgan fingerprint density at radius 1 is 1.15 bits per heavy atom. The Hall–Kier alpha value is -1.89. The van der Waals surface area contributed by atoms with Crippen molar-refractivity contribution in [2.24, 2.45) is 0 Å². The molecule has 0 aliphatic heterocycles. The Bertz CT molecular complexity index is 626. The van der Waals surface area contributed by atoms with Crippen LogP contribution < -0.4 is 4.74 Å². The normalized spacial score (nSPS) is 9.70. The van der Waals surface area contributed by atoms with Crippen molar-refractivity contribution in [2.75, 3.05) is 13.7 Å². The summed E-state index contributed by atoms with van der Waals surface area (Å²) in [6.07, 6.45) is 0. The summed E-state index contributed by atoms with van der Waals surface area (Å²) >= 11 is 1.76. The molecule has 0 heterocycles. The molecular weight excluding hydrogens is 268 g/mol. The van der Waals surface area contributed by atoms with Gasteiger partial charge in [0.2, 0.25) is 0 Å². The van der Waals surface area contributed by atoms with E-state index in [0.29, 0.717) is 0 Å². The molecule has 2 aromatic carbocycles. The smallest absolute Gasteiger partial charge is 0.119 e. The molecule has 102 valence electrons. The van der Waals surface area contributed by atoms with E-state index in [-0.39, 0.29) is 6.61 Å². The van der Waals surface area contributed by atoms with Gasteiger partial charge in [0, 0.05) is 16.2 Å². The Labute approximate surface area is 123 Å². The van der Waals surface area contributed by atoms with Gasteiger partial charge in [-0.25, -0.2) is 0 Å². The molecule has 2 aromatic rings. The van der Waals surface area contributed by atoms with Gasteiger partial charge in [-0.05, 0) is 35.9 Å². The molecule has 0 aromatic heterocycles. The van der Waals surface area contributed by atoms with Crippen LogP contribution >= 0.6 is 11.8 Å². The molecule has 1 N–H and O–H groups in total. The maximum Gasteiger partial charge on any atom is 0.119 e. The number of hydrogen-bond acceptors (Lipinski definition) is 3. The molecule has 0 saturated heterocycles. The minimum Gasteiger partial charge on any atom is -0.497 e. The molecule has 0 fully saturated rings. The molecule has 0 unspecified atom stereocenters. The highest BCUT2D eigenvalue weighted by molar-refractivity contribution is 7.98. The van der Waals surface area contributed by atoms with Crippen molar-refractivity contribution < 1.29 is 9.84 Å². The fourth-order valence-electron chi connectivity index (χ4n) is 1.74. The van der Waals surface area contributed by atoms with Crippen molar-refractivity contribution in [1.29, 1.82) is 0 Å². The van der Waals surface area contributed by atoms with Crippen LogP contribution in [0, 0.1) is 11.8 Å². The summed E-state index contributed by atoms with van der Waals surface area (Å²) in [6.45, 7) is -0.108. The maximum atomic E-state index is 8.71. The number of thioether (sulfide) groups is 1. The second-order valence-corrected chi connectivity index (χ2v) is 5.18. The van der Waals surface area contributed by atoms with Crippen LogP contribution in [0.4, 0.5) is 0 Å². The van der Waals surface area contributed by atoms with Crippen molar-refractivity contribution >= 4 is 11.8 Å². The minimum absolute atomic E-state index is 0.108. The van der Waals surface area contributed by atoms with Crippen LogP contribution in [0.15, 0.2) is 53.4 Å². The molecule has 2 nitrogen and oxygen atoms in total. The van der Waals surface area contributed by atoms with E-state index < -0.39 is 0 Å². The van der Waals surface area contributed by atoms with Crippen LogP contribution in [0.1, 0.15) is 11.1 Å². The Kier molecular flexibility index (Phi) is 5.55. The predicted octanol–water partition coefficient (Wildman–Crippen LogP) is 3.33. The quantitative estimate of drug-likeness (QED) is 0.690. The van der Waals surface area contributed by atoms with Gasteiger partial charge >= 0.3 is 0 Å². The van der Waals surface area contributed by atoms with Gasteiger partial charge in [-0.15, -0.1) is 11.8 Å². The first-order valence-electron chi connectivity index (χ1n) is 6.27. The van der Waals surface area contributed by atoms with E-state index in [1.165, 1.54) is 10.5 Å². The summed E-state index contributed by atoms with van der Waals surface area (Å²) in [5.74, 6) is 7.33. The van der Waals surface area contributed by atoms with Crippen molar-refractivity contribution in [2.45, 2.75) is 10.6 Å². The highest BCUT2D eigenvalue weighted by atomic mass is 32.2. The zero-order valence-corrected chi connectivity index (χ0v) is 12.1. The van der Waals surface area contributed by atoms with Gasteiger partial charge < -0.3 is 9.84 Å². The fourth-order valence-corrected chi connectivity index (χ4v) is 2.63. The SMILES string of the molecule is COc1cccc(SCc2cccc(C#CCO)c2)c1. The van der Waals surface area contributed by atoms with Gasteiger partial charge in [-0.1, -0.05) is 30.0 Å². The molecule has 3 heteroatoms. The number of benzene rings is 2. The molecule has 20 heavy (non-hydrogen) atoms. The van der Waals surface area contributed by atoms with E-state index in [4.69, 9.17) is 9.84 Å². The molecule has 2 rings (SSSR count). The minimum atomic E-state index is -0.108. The summed E-state index contributed by atoms with van der Waals surface area (Å²) in [5, 5.41) is 8.71. The lowest BCUT2D eigenvalue weighted by Crippen LogP contribution is -1.85. The van der Waals surface area contributed by atoms with E-state index in [2.05, 4.69) is 30.0 Å². The number of hydrogen-bond donors (Lipinski definition) is 1. The number of methoxy groups -OCH3 is 1. The average molecular weight is 284 g/mol. The zero-order chi connectivity index (χ0) is 14.2. The van der Waals surface area contributed by atoms with Gasteiger partial charge in [0.15, 0.2) is 0 Å². The van der Waals surface area contributed by atoms with Crippen LogP contribution in [0.5, 0.6) is 5.75 Å². The molecule has 0 saturated carbocycles. The largest absolute Gasteiger partial charge is 0.497 e. The van der Waals surface area contributed by atoms with Gasteiger partial charge in [-0.2, -0.15) is 0 Å². The van der Waals surface area contributed by atoms with Gasteiger partial charge in [0.25, 0.3) is 0 Å². The molecule has 0 radical (unpaired) electrons. The monoisotopic (exact) mass is 284 g/mol. The summed E-state index contributed by atoms with van der Waals surface area (Å²) < 4.78 is 5.22. The van der Waals surface area contributed by atoms with Crippen LogP contribution in [-0.4, -0.2) is 18.8 Å². The lowest BCUT2D eigenvalue weighted by Gasteiger charge is -2.05. The molecule has 0 aliphatic carbocycles. The molecule has 0 aliphatic rings. The average Bonchev–Trinajstić information content (AvgIpc) is 2.51. The summed E-state index contributed by atoms with van der Waals surface area (Å²) in [6, 6.07) is 16.1. The molecule has 0 atom stereocenters. The number of rotatable bonds is 4. The van der Waals surface area contributed by atoms with Crippen molar-refractivity contribution in [3.8, 4) is 17.6 Å². The van der Waals surface area contributed by atoms with Crippen molar-refractivity contribution in [1.82, 2.24) is 0 Å². The van der Waals surface area contributed by atoms with Crippen LogP contribution in [0.25, 0.3) is 0 Å². The van der Waals surface area contributed by atoms with Crippen molar-refractivity contribution in [3.63, 3.8) is 0 Å². The first-order chi connectivity index (χ1) is 9.81. The highest BCUT2D eigenvalue weighted by Crippen LogP contribution is 2.26. The number of aliphatic hydroxyl groups is 1. The Morgan fingerprint density at radius 3 is 2.80 bits per heavy atom. The topological polar surface area (TPSA) is 29.5 Å². The summed E-state index contributed by atoms with van der Waals surface area (Å²) in [5.41, 5.74) is 2.14. The first kappa shape index (κ1) is 14.5. The molecule has 0 spiro atoms. The van der Waals surface area contributed by atoms with E-state index >= 15 is 0 Å². The first-order valence-corrected chi connectivity index (χ1v) is 7.26. The van der Waals surface area contributed by atoms with Gasteiger partial charge in [-0.3, -0.25) is 0 Å². The number of ether oxygens (including phenoxy) is 1. The predicted molar refractivity (Wildman–Crippen MR) is 83.0 cm³/mol. The summed E-state index contributed by atoms with van der Waals surface area (Å²) in [4.78, 5) is 1.18. The summed E-state index contributed by atoms with van der Waals surface area (Å²) in [7, 11) is 1.67. The van der Waals surface area contributed by atoms with E-state index in [0.717, 1.165) is 17.1 Å². The molecule has 0 amide bonds. The van der Waals surface area contributed by atoms with E-state index in [1.807, 2.05) is 30.3 Å². The Morgan fingerprint density at radius 2 is 2.00 bits per heavy atom. The van der Waals surface area contributed by atoms with Gasteiger partial charge in [0.1, 0.15) is 12.4 Å². The Balaban J connectivity index is 2.03. The van der Waals surface area contributed by atoms with E-state index in [1.54, 1.807) is 18.9 Å². The van der Waals surface area contributed by atoms with Crippen LogP contribution in [0.2, 0.25) is 0 Å². The third-order valence-corrected chi connectivity index (χ3v) is 3.75. The second kappa shape index (κ2) is 7.64. The number of aliphatic hydroxyl groups excluding tert-OH is 1. The van der Waals surface area contributed by atoms with Crippen LogP contribution in [-0.2, 0) is 5.75 Å². The highest BCUT2D eigenvalue weighted by Gasteiger charge is 1.99. The third kappa shape index (κ3) is 4.34. The van der Waals surface area contributed by atoms with E-state index in [9.17, 15) is 0 Å². The standard InChI is InChI=1S/C17H16O2S/c1-19-16-8-3-9-17(12-16)20-13-15-6-2-5-14(11-15)7-4-10-18/h2-3,5-6,8-9,11-12,18H,10,13H2,1H3. The van der Waals surface area contributed by atoms with Crippen LogP contribution in [0.3, 0.4) is 0 Å². The fraction of sp³-hybridized carbons (Fsp3) is 0.176. The third-order valence-electron chi connectivity index (χ3n) is 2.69. The lowest BCUT2D eigenvalue weighted by molar-refractivity contribution is 0.350. The zero-order valence-electron chi connectivity index (χ0n) is 11.3. The lowest BCUT2D eigenvalue weighted by atomic mass is 10.1. The molecule has 0 bridgehead atoms. The second-order valence-electron chi connectivity index (χ2n) is 4.13.